The molecule has 0 bridgehead atoms. The summed E-state index contributed by atoms with van der Waals surface area (Å²) in [5, 5.41) is 10.2. The minimum atomic E-state index is -0.621. The summed E-state index contributed by atoms with van der Waals surface area (Å²) in [5.41, 5.74) is 0.920. The lowest BCUT2D eigenvalue weighted by Crippen LogP contribution is -2.23. The van der Waals surface area contributed by atoms with Crippen LogP contribution in [0.5, 0.6) is 5.75 Å². The highest BCUT2D eigenvalue weighted by molar-refractivity contribution is 5.53. The average molecular weight is 295 g/mol. The molecule has 2 heterocycles. The molecule has 1 atom stereocenters. The first-order valence-corrected chi connectivity index (χ1v) is 7.10. The van der Waals surface area contributed by atoms with Gasteiger partial charge >= 0.3 is 0 Å². The van der Waals surface area contributed by atoms with Gasteiger partial charge in [0.15, 0.2) is 0 Å². The zero-order chi connectivity index (χ0) is 15.2. The SMILES string of the molecule is O[C@@H](COc1ccccc1)Cn1ccnc1-c1cccnc1. The standard InChI is InChI=1S/C17H17N3O2/c21-15(13-22-16-6-2-1-3-7-16)12-20-10-9-19-17(20)14-5-4-8-18-11-14/h1-11,15,21H,12-13H2/t15-/m1/s1. The molecule has 0 aliphatic carbocycles. The third kappa shape index (κ3) is 3.51. The van der Waals surface area contributed by atoms with Gasteiger partial charge in [0, 0.05) is 30.4 Å². The molecule has 2 aromatic heterocycles. The Balaban J connectivity index is 1.63. The summed E-state index contributed by atoms with van der Waals surface area (Å²) < 4.78 is 7.46. The zero-order valence-electron chi connectivity index (χ0n) is 12.0. The molecule has 22 heavy (non-hydrogen) atoms. The van der Waals surface area contributed by atoms with E-state index in [0.29, 0.717) is 6.54 Å². The highest BCUT2D eigenvalue weighted by Gasteiger charge is 2.11. The Hall–Kier alpha value is -2.66. The van der Waals surface area contributed by atoms with Crippen LogP contribution in [-0.2, 0) is 6.54 Å². The number of para-hydroxylation sites is 1. The van der Waals surface area contributed by atoms with E-state index in [-0.39, 0.29) is 6.61 Å². The van der Waals surface area contributed by atoms with Crippen LogP contribution in [0, 0.1) is 0 Å². The molecule has 0 radical (unpaired) electrons. The summed E-state index contributed by atoms with van der Waals surface area (Å²) in [6.07, 6.45) is 6.41. The number of aliphatic hydroxyl groups excluding tert-OH is 1. The van der Waals surface area contributed by atoms with Crippen molar-refractivity contribution < 1.29 is 9.84 Å². The second-order valence-corrected chi connectivity index (χ2v) is 4.92. The molecule has 0 amide bonds. The van der Waals surface area contributed by atoms with Crippen LogP contribution < -0.4 is 4.74 Å². The van der Waals surface area contributed by atoms with E-state index in [9.17, 15) is 5.11 Å². The van der Waals surface area contributed by atoms with Crippen molar-refractivity contribution in [2.75, 3.05) is 6.61 Å². The third-order valence-electron chi connectivity index (χ3n) is 3.23. The topological polar surface area (TPSA) is 60.2 Å². The number of imidazole rings is 1. The highest BCUT2D eigenvalue weighted by atomic mass is 16.5. The van der Waals surface area contributed by atoms with Gasteiger partial charge in [0.2, 0.25) is 0 Å². The van der Waals surface area contributed by atoms with Gasteiger partial charge in [0.1, 0.15) is 24.3 Å². The van der Waals surface area contributed by atoms with Crippen molar-refractivity contribution in [2.45, 2.75) is 12.6 Å². The fourth-order valence-corrected chi connectivity index (χ4v) is 2.20. The highest BCUT2D eigenvalue weighted by Crippen LogP contribution is 2.16. The van der Waals surface area contributed by atoms with Gasteiger partial charge < -0.3 is 14.4 Å². The fraction of sp³-hybridized carbons (Fsp3) is 0.176. The van der Waals surface area contributed by atoms with E-state index >= 15 is 0 Å². The number of aromatic nitrogens is 3. The Morgan fingerprint density at radius 1 is 1.09 bits per heavy atom. The van der Waals surface area contributed by atoms with E-state index < -0.39 is 6.10 Å². The van der Waals surface area contributed by atoms with Crippen LogP contribution in [0.25, 0.3) is 11.4 Å². The summed E-state index contributed by atoms with van der Waals surface area (Å²) in [7, 11) is 0. The van der Waals surface area contributed by atoms with Gasteiger partial charge in [-0.1, -0.05) is 18.2 Å². The molecule has 3 rings (SSSR count). The summed E-state index contributed by atoms with van der Waals surface area (Å²) >= 11 is 0. The van der Waals surface area contributed by atoms with Crippen molar-refractivity contribution >= 4 is 0 Å². The van der Waals surface area contributed by atoms with Gasteiger partial charge in [-0.15, -0.1) is 0 Å². The van der Waals surface area contributed by atoms with Gasteiger partial charge in [-0.2, -0.15) is 0 Å². The van der Waals surface area contributed by atoms with Crippen molar-refractivity contribution in [1.82, 2.24) is 14.5 Å². The van der Waals surface area contributed by atoms with Gasteiger partial charge in [0.05, 0.1) is 6.54 Å². The molecule has 0 saturated carbocycles. The second-order valence-electron chi connectivity index (χ2n) is 4.92. The number of aliphatic hydroxyl groups is 1. The maximum atomic E-state index is 10.2. The second kappa shape index (κ2) is 6.87. The van der Waals surface area contributed by atoms with Crippen LogP contribution in [0.3, 0.4) is 0 Å². The lowest BCUT2D eigenvalue weighted by molar-refractivity contribution is 0.0929. The molecule has 5 nitrogen and oxygen atoms in total. The van der Waals surface area contributed by atoms with E-state index in [2.05, 4.69) is 9.97 Å². The molecule has 0 aliphatic rings. The summed E-state index contributed by atoms with van der Waals surface area (Å²) in [6.45, 7) is 0.645. The smallest absolute Gasteiger partial charge is 0.141 e. The number of nitrogens with zero attached hydrogens (tertiary/aromatic N) is 3. The molecule has 0 spiro atoms. The lowest BCUT2D eigenvalue weighted by Gasteiger charge is -2.14. The molecule has 1 N–H and O–H groups in total. The molecule has 1 aromatic carbocycles. The van der Waals surface area contributed by atoms with Gasteiger partial charge in [0.25, 0.3) is 0 Å². The summed E-state index contributed by atoms with van der Waals surface area (Å²) in [6, 6.07) is 13.3. The first kappa shape index (κ1) is 14.3. The maximum Gasteiger partial charge on any atom is 0.141 e. The Bertz CT molecular complexity index is 698. The van der Waals surface area contributed by atoms with Crippen molar-refractivity contribution in [3.8, 4) is 17.1 Å². The molecule has 5 heteroatoms. The fourth-order valence-electron chi connectivity index (χ4n) is 2.20. The largest absolute Gasteiger partial charge is 0.491 e. The van der Waals surface area contributed by atoms with Crippen LogP contribution in [-0.4, -0.2) is 32.4 Å². The van der Waals surface area contributed by atoms with Crippen molar-refractivity contribution in [2.24, 2.45) is 0 Å². The van der Waals surface area contributed by atoms with Gasteiger partial charge in [-0.3, -0.25) is 4.98 Å². The summed E-state index contributed by atoms with van der Waals surface area (Å²) in [4.78, 5) is 8.43. The molecular weight excluding hydrogens is 278 g/mol. The van der Waals surface area contributed by atoms with Crippen LogP contribution in [0.15, 0.2) is 67.3 Å². The van der Waals surface area contributed by atoms with E-state index in [1.165, 1.54) is 0 Å². The molecule has 0 fully saturated rings. The van der Waals surface area contributed by atoms with Crippen LogP contribution >= 0.6 is 0 Å². The van der Waals surface area contributed by atoms with Crippen LogP contribution in [0.4, 0.5) is 0 Å². The molecule has 0 aliphatic heterocycles. The number of hydrogen-bond acceptors (Lipinski definition) is 4. The normalized spacial score (nSPS) is 12.0. The number of rotatable bonds is 6. The minimum absolute atomic E-state index is 0.231. The predicted molar refractivity (Wildman–Crippen MR) is 83.4 cm³/mol. The molecule has 0 saturated heterocycles. The number of hydrogen-bond donors (Lipinski definition) is 1. The van der Waals surface area contributed by atoms with E-state index in [1.807, 2.05) is 53.2 Å². The Labute approximate surface area is 128 Å². The van der Waals surface area contributed by atoms with Crippen molar-refractivity contribution in [3.63, 3.8) is 0 Å². The molecular formula is C17H17N3O2. The first-order valence-electron chi connectivity index (χ1n) is 7.10. The quantitative estimate of drug-likeness (QED) is 0.758. The van der Waals surface area contributed by atoms with E-state index in [0.717, 1.165) is 17.1 Å². The van der Waals surface area contributed by atoms with Crippen LogP contribution in [0.1, 0.15) is 0 Å². The summed E-state index contributed by atoms with van der Waals surface area (Å²) in [5.74, 6) is 1.53. The van der Waals surface area contributed by atoms with Crippen LogP contribution in [0.2, 0.25) is 0 Å². The van der Waals surface area contributed by atoms with Crippen molar-refractivity contribution in [3.05, 3.63) is 67.3 Å². The Kier molecular flexibility index (Phi) is 4.46. The van der Waals surface area contributed by atoms with E-state index in [4.69, 9.17) is 4.74 Å². The zero-order valence-corrected chi connectivity index (χ0v) is 12.0. The molecule has 112 valence electrons. The van der Waals surface area contributed by atoms with Crippen molar-refractivity contribution in [1.29, 1.82) is 0 Å². The van der Waals surface area contributed by atoms with Gasteiger partial charge in [-0.05, 0) is 24.3 Å². The number of ether oxygens (including phenoxy) is 1. The average Bonchev–Trinajstić information content (AvgIpc) is 3.03. The molecule has 3 aromatic rings. The minimum Gasteiger partial charge on any atom is -0.491 e. The monoisotopic (exact) mass is 295 g/mol. The van der Waals surface area contributed by atoms with Gasteiger partial charge in [-0.25, -0.2) is 4.98 Å². The maximum absolute atomic E-state index is 10.2. The van der Waals surface area contributed by atoms with E-state index in [1.54, 1.807) is 18.6 Å². The molecule has 0 unspecified atom stereocenters. The first-order chi connectivity index (χ1) is 10.8. The Morgan fingerprint density at radius 3 is 2.73 bits per heavy atom. The lowest BCUT2D eigenvalue weighted by atomic mass is 10.2. The number of benzene rings is 1. The Morgan fingerprint density at radius 2 is 1.95 bits per heavy atom. The number of pyridine rings is 1. The third-order valence-corrected chi connectivity index (χ3v) is 3.23. The predicted octanol–water partition coefficient (Wildman–Crippen LogP) is 2.39.